The summed E-state index contributed by atoms with van der Waals surface area (Å²) in [5.74, 6) is 0.400. The van der Waals surface area contributed by atoms with E-state index in [1.54, 1.807) is 23.9 Å². The average molecular weight is 348 g/mol. The fraction of sp³-hybridized carbons (Fsp3) is 0.200. The molecule has 0 atom stereocenters. The summed E-state index contributed by atoms with van der Waals surface area (Å²) in [5, 5.41) is 12.4. The molecule has 0 saturated heterocycles. The molecule has 0 saturated carbocycles. The van der Waals surface area contributed by atoms with Crippen molar-refractivity contribution in [1.29, 1.82) is 5.26 Å². The second-order valence-corrected chi connectivity index (χ2v) is 6.31. The number of amides is 1. The SMILES string of the molecule is Cc1oc(-n2cccc2)c(C#N)c1C(=O)Nc1cccc(CN(C)C)c1. The number of hydrogen-bond acceptors (Lipinski definition) is 4. The van der Waals surface area contributed by atoms with Crippen LogP contribution in [0.25, 0.3) is 5.88 Å². The van der Waals surface area contributed by atoms with Crippen molar-refractivity contribution in [3.05, 3.63) is 71.2 Å². The van der Waals surface area contributed by atoms with Crippen LogP contribution in [0.5, 0.6) is 0 Å². The molecule has 2 aromatic heterocycles. The molecule has 0 fully saturated rings. The molecule has 0 aliphatic heterocycles. The Balaban J connectivity index is 1.90. The number of hydrogen-bond donors (Lipinski definition) is 1. The van der Waals surface area contributed by atoms with Crippen molar-refractivity contribution in [3.8, 4) is 12.0 Å². The van der Waals surface area contributed by atoms with Crippen molar-refractivity contribution in [2.24, 2.45) is 0 Å². The summed E-state index contributed by atoms with van der Waals surface area (Å²) in [5.41, 5.74) is 2.25. The van der Waals surface area contributed by atoms with Crippen molar-refractivity contribution in [2.45, 2.75) is 13.5 Å². The summed E-state index contributed by atoms with van der Waals surface area (Å²) in [7, 11) is 3.98. The lowest BCUT2D eigenvalue weighted by atomic mass is 10.1. The van der Waals surface area contributed by atoms with Gasteiger partial charge in [-0.25, -0.2) is 0 Å². The zero-order valence-electron chi connectivity index (χ0n) is 15.0. The molecular weight excluding hydrogens is 328 g/mol. The first-order valence-electron chi connectivity index (χ1n) is 8.21. The minimum absolute atomic E-state index is 0.223. The van der Waals surface area contributed by atoms with Crippen LogP contribution in [0.4, 0.5) is 5.69 Å². The summed E-state index contributed by atoms with van der Waals surface area (Å²) >= 11 is 0. The number of rotatable bonds is 5. The number of aromatic nitrogens is 1. The number of benzene rings is 1. The van der Waals surface area contributed by atoms with Gasteiger partial charge in [-0.2, -0.15) is 5.26 Å². The van der Waals surface area contributed by atoms with Crippen molar-refractivity contribution < 1.29 is 9.21 Å². The van der Waals surface area contributed by atoms with Crippen molar-refractivity contribution >= 4 is 11.6 Å². The third-order valence-corrected chi connectivity index (χ3v) is 3.93. The molecule has 0 spiro atoms. The Morgan fingerprint density at radius 1 is 1.27 bits per heavy atom. The van der Waals surface area contributed by atoms with Crippen LogP contribution in [0.2, 0.25) is 0 Å². The van der Waals surface area contributed by atoms with Gasteiger partial charge in [0.05, 0.1) is 0 Å². The Hall–Kier alpha value is -3.30. The van der Waals surface area contributed by atoms with Crippen LogP contribution < -0.4 is 5.32 Å². The predicted molar refractivity (Wildman–Crippen MR) is 99.3 cm³/mol. The number of aryl methyl sites for hydroxylation is 1. The normalized spacial score (nSPS) is 10.7. The predicted octanol–water partition coefficient (Wildman–Crippen LogP) is 3.56. The van der Waals surface area contributed by atoms with E-state index in [1.807, 2.05) is 50.5 Å². The molecule has 1 aromatic carbocycles. The number of nitriles is 1. The molecule has 0 bridgehead atoms. The molecule has 3 rings (SSSR count). The lowest BCUT2D eigenvalue weighted by Gasteiger charge is -2.11. The first-order chi connectivity index (χ1) is 12.5. The second kappa shape index (κ2) is 7.30. The van der Waals surface area contributed by atoms with E-state index in [0.717, 1.165) is 12.1 Å². The smallest absolute Gasteiger partial charge is 0.260 e. The highest BCUT2D eigenvalue weighted by atomic mass is 16.4. The van der Waals surface area contributed by atoms with Gasteiger partial charge in [0.1, 0.15) is 23.0 Å². The summed E-state index contributed by atoms with van der Waals surface area (Å²) in [6.07, 6.45) is 3.54. The molecule has 0 aliphatic rings. The van der Waals surface area contributed by atoms with E-state index in [4.69, 9.17) is 4.42 Å². The van der Waals surface area contributed by atoms with E-state index in [-0.39, 0.29) is 17.0 Å². The largest absolute Gasteiger partial charge is 0.443 e. The maximum atomic E-state index is 12.8. The fourth-order valence-corrected chi connectivity index (χ4v) is 2.87. The summed E-state index contributed by atoms with van der Waals surface area (Å²) in [4.78, 5) is 14.8. The van der Waals surface area contributed by atoms with Gasteiger partial charge in [0, 0.05) is 24.6 Å². The lowest BCUT2D eigenvalue weighted by Crippen LogP contribution is -2.15. The van der Waals surface area contributed by atoms with Gasteiger partial charge in [-0.1, -0.05) is 12.1 Å². The number of nitrogens with zero attached hydrogens (tertiary/aromatic N) is 3. The van der Waals surface area contributed by atoms with E-state index >= 15 is 0 Å². The molecule has 2 heterocycles. The van der Waals surface area contributed by atoms with Gasteiger partial charge in [-0.3, -0.25) is 9.36 Å². The highest BCUT2D eigenvalue weighted by Gasteiger charge is 2.24. The van der Waals surface area contributed by atoms with Crippen molar-refractivity contribution in [1.82, 2.24) is 9.47 Å². The van der Waals surface area contributed by atoms with E-state index in [9.17, 15) is 10.1 Å². The van der Waals surface area contributed by atoms with Crippen LogP contribution in [-0.4, -0.2) is 29.5 Å². The van der Waals surface area contributed by atoms with Crippen LogP contribution in [0, 0.1) is 18.3 Å². The van der Waals surface area contributed by atoms with Gasteiger partial charge in [-0.15, -0.1) is 0 Å². The Labute approximate surface area is 152 Å². The molecule has 0 aliphatic carbocycles. The maximum Gasteiger partial charge on any atom is 0.260 e. The third kappa shape index (κ3) is 3.53. The van der Waals surface area contributed by atoms with Crippen LogP contribution in [-0.2, 0) is 6.54 Å². The summed E-state index contributed by atoms with van der Waals surface area (Å²) in [6, 6.07) is 13.4. The average Bonchev–Trinajstić information content (AvgIpc) is 3.21. The van der Waals surface area contributed by atoms with E-state index in [0.29, 0.717) is 17.3 Å². The first kappa shape index (κ1) is 17.5. The van der Waals surface area contributed by atoms with E-state index in [2.05, 4.69) is 16.3 Å². The van der Waals surface area contributed by atoms with Gasteiger partial charge in [0.2, 0.25) is 5.88 Å². The maximum absolute atomic E-state index is 12.8. The molecule has 0 unspecified atom stereocenters. The Bertz CT molecular complexity index is 962. The van der Waals surface area contributed by atoms with Gasteiger partial charge >= 0.3 is 0 Å². The van der Waals surface area contributed by atoms with Crippen LogP contribution in [0.1, 0.15) is 27.2 Å². The van der Waals surface area contributed by atoms with E-state index in [1.165, 1.54) is 0 Å². The van der Waals surface area contributed by atoms with Crippen LogP contribution in [0.15, 0.2) is 53.2 Å². The van der Waals surface area contributed by atoms with Gasteiger partial charge in [0.15, 0.2) is 0 Å². The Morgan fingerprint density at radius 2 is 2.00 bits per heavy atom. The Morgan fingerprint density at radius 3 is 2.65 bits per heavy atom. The first-order valence-corrected chi connectivity index (χ1v) is 8.21. The molecule has 132 valence electrons. The molecule has 6 heteroatoms. The summed E-state index contributed by atoms with van der Waals surface area (Å²) in [6.45, 7) is 2.46. The van der Waals surface area contributed by atoms with Crippen LogP contribution >= 0.6 is 0 Å². The second-order valence-electron chi connectivity index (χ2n) is 6.31. The topological polar surface area (TPSA) is 74.2 Å². The van der Waals surface area contributed by atoms with Gasteiger partial charge in [0.25, 0.3) is 5.91 Å². The minimum atomic E-state index is -0.358. The number of furan rings is 1. The van der Waals surface area contributed by atoms with Crippen LogP contribution in [0.3, 0.4) is 0 Å². The number of carbonyl (C=O) groups excluding carboxylic acids is 1. The third-order valence-electron chi connectivity index (χ3n) is 3.93. The zero-order chi connectivity index (χ0) is 18.7. The Kier molecular flexibility index (Phi) is 4.92. The lowest BCUT2D eigenvalue weighted by molar-refractivity contribution is 0.102. The highest BCUT2D eigenvalue weighted by molar-refractivity contribution is 6.07. The standard InChI is InChI=1S/C20H20N4O2/c1-14-18(17(12-21)20(26-14)24-9-4-5-10-24)19(25)22-16-8-6-7-15(11-16)13-23(2)3/h4-11H,13H2,1-3H3,(H,22,25). The molecule has 0 radical (unpaired) electrons. The number of nitrogens with one attached hydrogen (secondary N) is 1. The highest BCUT2D eigenvalue weighted by Crippen LogP contribution is 2.26. The molecule has 1 N–H and O–H groups in total. The zero-order valence-corrected chi connectivity index (χ0v) is 15.0. The van der Waals surface area contributed by atoms with Crippen molar-refractivity contribution in [3.63, 3.8) is 0 Å². The molecule has 26 heavy (non-hydrogen) atoms. The summed E-state index contributed by atoms with van der Waals surface area (Å²) < 4.78 is 7.37. The minimum Gasteiger partial charge on any atom is -0.443 e. The molecule has 1 amide bonds. The monoisotopic (exact) mass is 348 g/mol. The fourth-order valence-electron chi connectivity index (χ4n) is 2.87. The van der Waals surface area contributed by atoms with E-state index < -0.39 is 0 Å². The van der Waals surface area contributed by atoms with Gasteiger partial charge in [-0.05, 0) is 50.8 Å². The number of carbonyl (C=O) groups is 1. The molecule has 6 nitrogen and oxygen atoms in total. The quantitative estimate of drug-likeness (QED) is 0.765. The van der Waals surface area contributed by atoms with Crippen molar-refractivity contribution in [2.75, 3.05) is 19.4 Å². The number of anilines is 1. The molecule has 3 aromatic rings. The van der Waals surface area contributed by atoms with Gasteiger partial charge < -0.3 is 14.6 Å². The molecular formula is C20H20N4O2.